The summed E-state index contributed by atoms with van der Waals surface area (Å²) >= 11 is 0. The molecular weight excluding hydrogens is 516 g/mol. The van der Waals surface area contributed by atoms with E-state index in [-0.39, 0.29) is 36.8 Å². The summed E-state index contributed by atoms with van der Waals surface area (Å²) in [4.78, 5) is 28.0. The van der Waals surface area contributed by atoms with Crippen LogP contribution in [-0.2, 0) is 26.1 Å². The number of carbonyl (C=O) groups is 2. The highest BCUT2D eigenvalue weighted by atomic mass is 35.5. The zero-order valence-corrected chi connectivity index (χ0v) is 22.5. The van der Waals surface area contributed by atoms with Crippen LogP contribution < -0.4 is 15.4 Å². The molecule has 2 amide bonds. The fourth-order valence-corrected chi connectivity index (χ4v) is 5.07. The average molecular weight is 547 g/mol. The second-order valence-electron chi connectivity index (χ2n) is 9.65. The van der Waals surface area contributed by atoms with Crippen LogP contribution in [0.4, 0.5) is 0 Å². The average Bonchev–Trinajstić information content (AvgIpc) is 3.25. The number of benzene rings is 3. The second-order valence-corrected chi connectivity index (χ2v) is 9.65. The number of hydrogen-bond donors (Lipinski definition) is 3. The minimum absolute atomic E-state index is 0. The van der Waals surface area contributed by atoms with Gasteiger partial charge in [0, 0.05) is 37.8 Å². The minimum Gasteiger partial charge on any atom is -0.493 e. The smallest absolute Gasteiger partial charge is 0.255 e. The maximum atomic E-state index is 13.2. The van der Waals surface area contributed by atoms with Gasteiger partial charge in [0.05, 0.1) is 29.9 Å². The molecule has 0 aliphatic carbocycles. The number of hydrogen-bond acceptors (Lipinski definition) is 6. The van der Waals surface area contributed by atoms with E-state index in [0.717, 1.165) is 11.1 Å². The first kappa shape index (κ1) is 28.1. The summed E-state index contributed by atoms with van der Waals surface area (Å²) < 4.78 is 5.74. The van der Waals surface area contributed by atoms with Crippen LogP contribution in [0.1, 0.15) is 55.5 Å². The molecule has 2 aliphatic rings. The Morgan fingerprint density at radius 1 is 1.18 bits per heavy atom. The summed E-state index contributed by atoms with van der Waals surface area (Å²) in [7, 11) is 0. The molecule has 0 saturated heterocycles. The van der Waals surface area contributed by atoms with Crippen molar-refractivity contribution in [3.8, 4) is 11.8 Å². The Kier molecular flexibility index (Phi) is 8.87. The highest BCUT2D eigenvalue weighted by molar-refractivity contribution is 6.03. The van der Waals surface area contributed by atoms with Crippen LogP contribution in [0.5, 0.6) is 5.75 Å². The van der Waals surface area contributed by atoms with Crippen molar-refractivity contribution in [2.75, 3.05) is 13.2 Å². The van der Waals surface area contributed by atoms with Gasteiger partial charge >= 0.3 is 0 Å². The molecule has 0 saturated carbocycles. The van der Waals surface area contributed by atoms with Gasteiger partial charge in [-0.25, -0.2) is 0 Å². The topological polar surface area (TPSA) is 115 Å². The van der Waals surface area contributed by atoms with Crippen LogP contribution >= 0.6 is 12.4 Å². The van der Waals surface area contributed by atoms with Crippen LogP contribution in [0.3, 0.4) is 0 Å². The van der Waals surface area contributed by atoms with E-state index >= 15 is 0 Å². The van der Waals surface area contributed by atoms with Crippen molar-refractivity contribution < 1.29 is 19.4 Å². The van der Waals surface area contributed by atoms with Crippen molar-refractivity contribution in [2.45, 2.75) is 45.1 Å². The molecule has 0 fully saturated rings. The third-order valence-corrected chi connectivity index (χ3v) is 7.13. The third kappa shape index (κ3) is 6.07. The molecule has 39 heavy (non-hydrogen) atoms. The molecule has 0 bridgehead atoms. The number of fused-ring (bicyclic) bond motifs is 2. The number of aliphatic hydroxyl groups is 1. The van der Waals surface area contributed by atoms with Crippen molar-refractivity contribution in [2.24, 2.45) is 0 Å². The Labute approximate surface area is 234 Å². The van der Waals surface area contributed by atoms with E-state index in [0.29, 0.717) is 55.1 Å². The number of carbonyl (C=O) groups excluding carboxylic acids is 2. The monoisotopic (exact) mass is 546 g/mol. The van der Waals surface area contributed by atoms with Gasteiger partial charge in [0.25, 0.3) is 11.8 Å². The van der Waals surface area contributed by atoms with Crippen molar-refractivity contribution in [3.63, 3.8) is 0 Å². The van der Waals surface area contributed by atoms with Gasteiger partial charge in [-0.05, 0) is 59.9 Å². The zero-order chi connectivity index (χ0) is 26.6. The van der Waals surface area contributed by atoms with E-state index in [9.17, 15) is 14.7 Å². The van der Waals surface area contributed by atoms with E-state index in [1.807, 2.05) is 31.2 Å². The summed E-state index contributed by atoms with van der Waals surface area (Å²) in [5, 5.41) is 26.0. The highest BCUT2D eigenvalue weighted by Gasteiger charge is 2.31. The molecule has 0 aromatic heterocycles. The summed E-state index contributed by atoms with van der Waals surface area (Å²) in [6, 6.07) is 20.6. The quantitative estimate of drug-likeness (QED) is 0.399. The number of nitrogens with one attached hydrogen (secondary N) is 2. The Balaban J connectivity index is 0.00000353. The van der Waals surface area contributed by atoms with E-state index in [1.165, 1.54) is 11.1 Å². The third-order valence-electron chi connectivity index (χ3n) is 7.13. The van der Waals surface area contributed by atoms with E-state index in [1.54, 1.807) is 29.2 Å². The van der Waals surface area contributed by atoms with Crippen molar-refractivity contribution >= 4 is 24.2 Å². The molecule has 0 radical (unpaired) electrons. The van der Waals surface area contributed by atoms with Gasteiger partial charge in [-0.15, -0.1) is 12.4 Å². The lowest BCUT2D eigenvalue weighted by Crippen LogP contribution is -2.49. The highest BCUT2D eigenvalue weighted by Crippen LogP contribution is 2.31. The summed E-state index contributed by atoms with van der Waals surface area (Å²) in [6.45, 7) is 3.70. The fraction of sp³-hybridized carbons (Fsp3) is 0.300. The van der Waals surface area contributed by atoms with Crippen LogP contribution in [-0.4, -0.2) is 47.1 Å². The number of nitriles is 1. The Morgan fingerprint density at radius 2 is 1.92 bits per heavy atom. The number of rotatable bonds is 8. The van der Waals surface area contributed by atoms with Gasteiger partial charge in [-0.1, -0.05) is 36.4 Å². The van der Waals surface area contributed by atoms with Gasteiger partial charge in [0.2, 0.25) is 0 Å². The van der Waals surface area contributed by atoms with Gasteiger partial charge in [-0.3, -0.25) is 9.59 Å². The minimum atomic E-state index is -0.762. The van der Waals surface area contributed by atoms with Gasteiger partial charge in [0.1, 0.15) is 5.75 Å². The standard InChI is InChI=1S/C30H30N4O4.ClH/c1-2-38-28-13-24-23(18-34(30(24)37)17-20-9-7-19(14-31)8-10-20)11-25(28)29(36)33-16-27(35)26-12-21-5-3-4-6-22(21)15-32-26;/h3-11,13,26-27,32,35H,2,12,15-18H2,1H3,(H,33,36);1H. The normalized spacial score (nSPS) is 16.4. The van der Waals surface area contributed by atoms with Crippen LogP contribution in [0.25, 0.3) is 0 Å². The number of amides is 2. The predicted molar refractivity (Wildman–Crippen MR) is 149 cm³/mol. The second kappa shape index (κ2) is 12.3. The summed E-state index contributed by atoms with van der Waals surface area (Å²) in [5.41, 5.74) is 5.52. The molecular formula is C30H31ClN4O4. The molecule has 3 aromatic rings. The lowest BCUT2D eigenvalue weighted by molar-refractivity contribution is 0.0766. The lowest BCUT2D eigenvalue weighted by atomic mass is 9.93. The van der Waals surface area contributed by atoms with Gasteiger partial charge < -0.3 is 25.4 Å². The summed E-state index contributed by atoms with van der Waals surface area (Å²) in [6.07, 6.45) is -0.0743. The molecule has 2 aliphatic heterocycles. The number of halogens is 1. The molecule has 3 aromatic carbocycles. The Hall–Kier alpha value is -3.90. The largest absolute Gasteiger partial charge is 0.493 e. The lowest BCUT2D eigenvalue weighted by Gasteiger charge is -2.30. The summed E-state index contributed by atoms with van der Waals surface area (Å²) in [5.74, 6) is -0.141. The molecule has 8 nitrogen and oxygen atoms in total. The van der Waals surface area contributed by atoms with E-state index in [2.05, 4.69) is 28.8 Å². The SMILES string of the molecule is CCOc1cc2c(cc1C(=O)NCC(O)C1Cc3ccccc3CN1)CN(Cc1ccc(C#N)cc1)C2=O.Cl. The fourth-order valence-electron chi connectivity index (χ4n) is 5.07. The van der Waals surface area contributed by atoms with Crippen molar-refractivity contribution in [1.82, 2.24) is 15.5 Å². The number of aliphatic hydroxyl groups excluding tert-OH is 1. The number of ether oxygens (including phenoxy) is 1. The molecule has 3 N–H and O–H groups in total. The molecule has 202 valence electrons. The molecule has 0 spiro atoms. The predicted octanol–water partition coefficient (Wildman–Crippen LogP) is 3.34. The Bertz CT molecular complexity index is 1400. The molecule has 9 heteroatoms. The van der Waals surface area contributed by atoms with E-state index in [4.69, 9.17) is 10.00 Å². The molecule has 2 heterocycles. The molecule has 2 atom stereocenters. The first-order valence-electron chi connectivity index (χ1n) is 12.8. The van der Waals surface area contributed by atoms with E-state index < -0.39 is 6.10 Å². The van der Waals surface area contributed by atoms with Crippen molar-refractivity contribution in [3.05, 3.63) is 99.6 Å². The number of nitrogens with zero attached hydrogens (tertiary/aromatic N) is 2. The first-order chi connectivity index (χ1) is 18.5. The zero-order valence-electron chi connectivity index (χ0n) is 21.6. The van der Waals surface area contributed by atoms with Gasteiger partial charge in [0.15, 0.2) is 0 Å². The van der Waals surface area contributed by atoms with Crippen molar-refractivity contribution in [1.29, 1.82) is 5.26 Å². The maximum Gasteiger partial charge on any atom is 0.255 e. The van der Waals surface area contributed by atoms with Crippen LogP contribution in [0.2, 0.25) is 0 Å². The van der Waals surface area contributed by atoms with Gasteiger partial charge in [-0.2, -0.15) is 5.26 Å². The Morgan fingerprint density at radius 3 is 2.64 bits per heavy atom. The maximum absolute atomic E-state index is 13.2. The first-order valence-corrected chi connectivity index (χ1v) is 12.8. The van der Waals surface area contributed by atoms with Crippen LogP contribution in [0.15, 0.2) is 60.7 Å². The molecule has 2 unspecified atom stereocenters. The van der Waals surface area contributed by atoms with Crippen LogP contribution in [0, 0.1) is 11.3 Å². The molecule has 5 rings (SSSR count).